The maximum atomic E-state index is 10.5. The van der Waals surface area contributed by atoms with Gasteiger partial charge in [-0.3, -0.25) is 10.1 Å². The Kier molecular flexibility index (Phi) is 2.82. The quantitative estimate of drug-likeness (QED) is 0.582. The molecule has 2 rings (SSSR count). The van der Waals surface area contributed by atoms with Gasteiger partial charge in [0, 0.05) is 6.07 Å². The summed E-state index contributed by atoms with van der Waals surface area (Å²) in [5.74, 6) is 1.04. The average Bonchev–Trinajstić information content (AvgIpc) is 2.30. The van der Waals surface area contributed by atoms with E-state index in [4.69, 9.17) is 4.74 Å². The second-order valence-corrected chi connectivity index (χ2v) is 3.10. The van der Waals surface area contributed by atoms with E-state index in [1.54, 1.807) is 18.2 Å². The number of non-ortho nitro benzene ring substituents is 1. The molecule has 0 bridgehead atoms. The zero-order valence-electron chi connectivity index (χ0n) is 8.29. The Morgan fingerprint density at radius 2 is 1.88 bits per heavy atom. The Labute approximate surface area is 92.3 Å². The van der Waals surface area contributed by atoms with Crippen LogP contribution in [0.25, 0.3) is 0 Å². The largest absolute Gasteiger partial charge is 0.457 e. The highest BCUT2D eigenvalue weighted by Crippen LogP contribution is 2.24. The standard InChI is InChI=1S/C12H8NO3/c14-13(15)10-5-4-8-12(9-10)16-11-6-2-1-3-7-11/h1-3,5-9H. The monoisotopic (exact) mass is 214 g/mol. The third-order valence-electron chi connectivity index (χ3n) is 1.94. The van der Waals surface area contributed by atoms with Crippen molar-refractivity contribution in [3.05, 3.63) is 64.7 Å². The van der Waals surface area contributed by atoms with Crippen LogP contribution in [0.5, 0.6) is 11.5 Å². The zero-order valence-corrected chi connectivity index (χ0v) is 8.29. The number of nitro groups is 1. The number of nitro benzene ring substituents is 1. The summed E-state index contributed by atoms with van der Waals surface area (Å²) in [5, 5.41) is 10.5. The second-order valence-electron chi connectivity index (χ2n) is 3.10. The van der Waals surface area contributed by atoms with E-state index in [0.717, 1.165) is 0 Å². The van der Waals surface area contributed by atoms with Gasteiger partial charge in [-0.1, -0.05) is 18.2 Å². The van der Waals surface area contributed by atoms with Crippen molar-refractivity contribution in [3.63, 3.8) is 0 Å². The molecular weight excluding hydrogens is 206 g/mol. The lowest BCUT2D eigenvalue weighted by molar-refractivity contribution is -0.384. The smallest absolute Gasteiger partial charge is 0.273 e. The molecule has 0 aromatic heterocycles. The third kappa shape index (κ3) is 2.36. The second kappa shape index (κ2) is 4.44. The van der Waals surface area contributed by atoms with Gasteiger partial charge < -0.3 is 4.74 Å². The van der Waals surface area contributed by atoms with Gasteiger partial charge in [0.05, 0.1) is 11.0 Å². The van der Waals surface area contributed by atoms with Gasteiger partial charge in [0.1, 0.15) is 11.5 Å². The molecule has 0 saturated heterocycles. The molecule has 16 heavy (non-hydrogen) atoms. The molecule has 0 spiro atoms. The van der Waals surface area contributed by atoms with E-state index in [2.05, 4.69) is 6.07 Å². The summed E-state index contributed by atoms with van der Waals surface area (Å²) < 4.78 is 5.43. The Morgan fingerprint density at radius 1 is 1.12 bits per heavy atom. The van der Waals surface area contributed by atoms with Crippen molar-refractivity contribution in [2.75, 3.05) is 0 Å². The van der Waals surface area contributed by atoms with Crippen LogP contribution >= 0.6 is 0 Å². The van der Waals surface area contributed by atoms with E-state index in [9.17, 15) is 10.1 Å². The summed E-state index contributed by atoms with van der Waals surface area (Å²) in [5.41, 5.74) is -0.0339. The molecule has 0 amide bonds. The minimum atomic E-state index is -0.478. The van der Waals surface area contributed by atoms with Gasteiger partial charge in [-0.2, -0.15) is 0 Å². The van der Waals surface area contributed by atoms with Gasteiger partial charge in [0.25, 0.3) is 5.69 Å². The maximum Gasteiger partial charge on any atom is 0.273 e. The average molecular weight is 214 g/mol. The summed E-state index contributed by atoms with van der Waals surface area (Å²) >= 11 is 0. The molecule has 4 heteroatoms. The first-order valence-corrected chi connectivity index (χ1v) is 4.64. The van der Waals surface area contributed by atoms with Crippen LogP contribution in [0.3, 0.4) is 0 Å². The summed E-state index contributed by atoms with van der Waals surface area (Å²) in [6, 6.07) is 16.0. The number of nitrogens with zero attached hydrogens (tertiary/aromatic N) is 1. The van der Waals surface area contributed by atoms with E-state index in [1.807, 2.05) is 18.2 Å². The lowest BCUT2D eigenvalue weighted by atomic mass is 10.3. The highest BCUT2D eigenvalue weighted by atomic mass is 16.6. The van der Waals surface area contributed by atoms with E-state index < -0.39 is 4.92 Å². The van der Waals surface area contributed by atoms with E-state index in [-0.39, 0.29) is 5.69 Å². The summed E-state index contributed by atoms with van der Waals surface area (Å²) in [6.45, 7) is 0. The minimum absolute atomic E-state index is 0.0339. The highest BCUT2D eigenvalue weighted by molar-refractivity contribution is 5.39. The Bertz CT molecular complexity index is 497. The number of ether oxygens (including phenoxy) is 1. The molecule has 1 radical (unpaired) electrons. The normalized spacial score (nSPS) is 9.75. The predicted molar refractivity (Wildman–Crippen MR) is 58.4 cm³/mol. The molecule has 0 heterocycles. The Morgan fingerprint density at radius 3 is 2.56 bits per heavy atom. The van der Waals surface area contributed by atoms with Crippen LogP contribution in [0, 0.1) is 16.2 Å². The molecule has 0 aliphatic rings. The lowest BCUT2D eigenvalue weighted by Crippen LogP contribution is -1.89. The zero-order chi connectivity index (χ0) is 11.4. The predicted octanol–water partition coefficient (Wildman–Crippen LogP) is 3.19. The number of para-hydroxylation sites is 1. The molecule has 0 atom stereocenters. The molecule has 0 aliphatic carbocycles. The summed E-state index contributed by atoms with van der Waals surface area (Å²) in [4.78, 5) is 10.1. The van der Waals surface area contributed by atoms with Crippen LogP contribution in [0.2, 0.25) is 0 Å². The Balaban J connectivity index is 2.22. The molecule has 0 fully saturated rings. The van der Waals surface area contributed by atoms with Crippen LogP contribution in [0.15, 0.2) is 48.5 Å². The van der Waals surface area contributed by atoms with Crippen molar-refractivity contribution < 1.29 is 9.66 Å². The molecule has 4 nitrogen and oxygen atoms in total. The van der Waals surface area contributed by atoms with Gasteiger partial charge in [-0.05, 0) is 24.3 Å². The van der Waals surface area contributed by atoms with E-state index >= 15 is 0 Å². The fourth-order valence-electron chi connectivity index (χ4n) is 1.23. The van der Waals surface area contributed by atoms with Gasteiger partial charge >= 0.3 is 0 Å². The fourth-order valence-corrected chi connectivity index (χ4v) is 1.23. The molecule has 0 N–H and O–H groups in total. The highest BCUT2D eigenvalue weighted by Gasteiger charge is 2.06. The van der Waals surface area contributed by atoms with Crippen molar-refractivity contribution in [3.8, 4) is 11.5 Å². The molecule has 79 valence electrons. The minimum Gasteiger partial charge on any atom is -0.457 e. The number of benzene rings is 2. The van der Waals surface area contributed by atoms with Gasteiger partial charge in [0.15, 0.2) is 0 Å². The Hall–Kier alpha value is -2.36. The SMILES string of the molecule is O=[N+]([O-])c1c[c]cc(Oc2ccccc2)c1. The van der Waals surface area contributed by atoms with Crippen molar-refractivity contribution in [1.29, 1.82) is 0 Å². The molecule has 0 saturated carbocycles. The molecular formula is C12H8NO3. The van der Waals surface area contributed by atoms with Crippen molar-refractivity contribution in [2.24, 2.45) is 0 Å². The first kappa shape index (κ1) is 10.2. The number of hydrogen-bond acceptors (Lipinski definition) is 3. The first-order valence-electron chi connectivity index (χ1n) is 4.64. The summed E-state index contributed by atoms with van der Waals surface area (Å²) in [6.07, 6.45) is 0. The van der Waals surface area contributed by atoms with Crippen molar-refractivity contribution in [1.82, 2.24) is 0 Å². The van der Waals surface area contributed by atoms with E-state index in [1.165, 1.54) is 12.1 Å². The van der Waals surface area contributed by atoms with E-state index in [0.29, 0.717) is 11.5 Å². The van der Waals surface area contributed by atoms with Crippen LogP contribution in [0.1, 0.15) is 0 Å². The third-order valence-corrected chi connectivity index (χ3v) is 1.94. The number of hydrogen-bond donors (Lipinski definition) is 0. The first-order chi connectivity index (χ1) is 7.75. The molecule has 0 aliphatic heterocycles. The molecule has 2 aromatic rings. The van der Waals surface area contributed by atoms with Gasteiger partial charge in [-0.15, -0.1) is 0 Å². The number of rotatable bonds is 3. The van der Waals surface area contributed by atoms with Crippen molar-refractivity contribution >= 4 is 5.69 Å². The van der Waals surface area contributed by atoms with Gasteiger partial charge in [-0.25, -0.2) is 0 Å². The lowest BCUT2D eigenvalue weighted by Gasteiger charge is -2.04. The van der Waals surface area contributed by atoms with Crippen molar-refractivity contribution in [2.45, 2.75) is 0 Å². The summed E-state index contributed by atoms with van der Waals surface area (Å²) in [7, 11) is 0. The molecule has 2 aromatic carbocycles. The van der Waals surface area contributed by atoms with Gasteiger partial charge in [0.2, 0.25) is 0 Å². The maximum absolute atomic E-state index is 10.5. The fraction of sp³-hybridized carbons (Fsp3) is 0. The topological polar surface area (TPSA) is 52.4 Å². The molecule has 0 unspecified atom stereocenters. The van der Waals surface area contributed by atoms with Crippen LogP contribution in [0.4, 0.5) is 5.69 Å². The van der Waals surface area contributed by atoms with Crippen LogP contribution < -0.4 is 4.74 Å². The van der Waals surface area contributed by atoms with Crippen LogP contribution in [-0.2, 0) is 0 Å². The van der Waals surface area contributed by atoms with Crippen LogP contribution in [-0.4, -0.2) is 4.92 Å².